The van der Waals surface area contributed by atoms with Crippen LogP contribution in [0.5, 0.6) is 0 Å². The summed E-state index contributed by atoms with van der Waals surface area (Å²) in [7, 11) is 2.09. The number of halogens is 2. The van der Waals surface area contributed by atoms with Crippen molar-refractivity contribution in [2.75, 3.05) is 26.7 Å². The molecular weight excluding hydrogens is 279 g/mol. The molecule has 1 atom stereocenters. The Kier molecular flexibility index (Phi) is 3.46. The fourth-order valence-electron chi connectivity index (χ4n) is 3.28. The van der Waals surface area contributed by atoms with Crippen LogP contribution in [0.25, 0.3) is 0 Å². The standard InChI is InChI=1S/C15H18ClFN2O/c1-18-8-6-15(18)5-2-7-19(10-15)14(20)12-9-11(16)3-4-13(12)17/h3-4,9H,2,5-8,10H2,1H3/t15-/m0/s1. The van der Waals surface area contributed by atoms with E-state index in [2.05, 4.69) is 11.9 Å². The number of carbonyl (C=O) groups is 1. The first kappa shape index (κ1) is 13.8. The van der Waals surface area contributed by atoms with Crippen molar-refractivity contribution in [3.05, 3.63) is 34.6 Å². The predicted molar refractivity (Wildman–Crippen MR) is 76.5 cm³/mol. The Bertz CT molecular complexity index is 551. The monoisotopic (exact) mass is 296 g/mol. The molecule has 108 valence electrons. The molecule has 0 radical (unpaired) electrons. The third kappa shape index (κ3) is 2.21. The van der Waals surface area contributed by atoms with Gasteiger partial charge in [-0.25, -0.2) is 4.39 Å². The van der Waals surface area contributed by atoms with Crippen LogP contribution in [0.4, 0.5) is 4.39 Å². The van der Waals surface area contributed by atoms with Gasteiger partial charge in [-0.15, -0.1) is 0 Å². The second-order valence-electron chi connectivity index (χ2n) is 5.85. The van der Waals surface area contributed by atoms with Crippen LogP contribution in [0.1, 0.15) is 29.6 Å². The third-order valence-electron chi connectivity index (χ3n) is 4.72. The molecule has 0 bridgehead atoms. The van der Waals surface area contributed by atoms with Crippen molar-refractivity contribution in [1.82, 2.24) is 9.80 Å². The molecular formula is C15H18ClFN2O. The van der Waals surface area contributed by atoms with Gasteiger partial charge in [0.2, 0.25) is 0 Å². The molecule has 0 aromatic heterocycles. The van der Waals surface area contributed by atoms with Crippen LogP contribution in [0.15, 0.2) is 18.2 Å². The fraction of sp³-hybridized carbons (Fsp3) is 0.533. The number of likely N-dealkylation sites (tertiary alicyclic amines) is 2. The van der Waals surface area contributed by atoms with Crippen LogP contribution in [0, 0.1) is 5.82 Å². The van der Waals surface area contributed by atoms with E-state index in [0.717, 1.165) is 25.8 Å². The van der Waals surface area contributed by atoms with E-state index in [-0.39, 0.29) is 17.0 Å². The summed E-state index contributed by atoms with van der Waals surface area (Å²) in [6.07, 6.45) is 3.20. The molecule has 0 N–H and O–H groups in total. The molecule has 0 saturated carbocycles. The Morgan fingerprint density at radius 2 is 2.15 bits per heavy atom. The Morgan fingerprint density at radius 3 is 2.80 bits per heavy atom. The molecule has 1 aromatic rings. The van der Waals surface area contributed by atoms with E-state index >= 15 is 0 Å². The summed E-state index contributed by atoms with van der Waals surface area (Å²) < 4.78 is 13.8. The Morgan fingerprint density at radius 1 is 1.35 bits per heavy atom. The minimum atomic E-state index is -0.499. The molecule has 2 aliphatic rings. The van der Waals surface area contributed by atoms with Crippen LogP contribution in [-0.2, 0) is 0 Å². The second-order valence-corrected chi connectivity index (χ2v) is 6.29. The van der Waals surface area contributed by atoms with Gasteiger partial charge in [-0.3, -0.25) is 9.69 Å². The number of piperidine rings is 1. The minimum Gasteiger partial charge on any atom is -0.337 e. The maximum Gasteiger partial charge on any atom is 0.256 e. The average molecular weight is 297 g/mol. The number of nitrogens with zero attached hydrogens (tertiary/aromatic N) is 2. The van der Waals surface area contributed by atoms with Gasteiger partial charge >= 0.3 is 0 Å². The van der Waals surface area contributed by atoms with Crippen LogP contribution in [0.2, 0.25) is 5.02 Å². The molecule has 1 spiro atoms. The highest BCUT2D eigenvalue weighted by Gasteiger charge is 2.46. The number of hydrogen-bond acceptors (Lipinski definition) is 2. The Balaban J connectivity index is 1.82. The third-order valence-corrected chi connectivity index (χ3v) is 4.96. The van der Waals surface area contributed by atoms with Gasteiger partial charge in [0.15, 0.2) is 0 Å². The molecule has 0 unspecified atom stereocenters. The summed E-state index contributed by atoms with van der Waals surface area (Å²) >= 11 is 5.87. The zero-order valence-electron chi connectivity index (χ0n) is 11.5. The van der Waals surface area contributed by atoms with Gasteiger partial charge in [-0.05, 0) is 44.5 Å². The number of benzene rings is 1. The molecule has 2 aliphatic heterocycles. The van der Waals surface area contributed by atoms with Gasteiger partial charge in [0.25, 0.3) is 5.91 Å². The number of rotatable bonds is 1. The first-order chi connectivity index (χ1) is 9.52. The average Bonchev–Trinajstić information content (AvgIpc) is 2.47. The van der Waals surface area contributed by atoms with Crippen LogP contribution >= 0.6 is 11.6 Å². The molecule has 2 fully saturated rings. The second kappa shape index (κ2) is 5.01. The van der Waals surface area contributed by atoms with Gasteiger partial charge < -0.3 is 4.90 Å². The smallest absolute Gasteiger partial charge is 0.256 e. The molecule has 0 aliphatic carbocycles. The highest BCUT2D eigenvalue weighted by Crippen LogP contribution is 2.37. The molecule has 3 rings (SSSR count). The first-order valence-corrected chi connectivity index (χ1v) is 7.35. The van der Waals surface area contributed by atoms with E-state index in [1.54, 1.807) is 4.90 Å². The van der Waals surface area contributed by atoms with Crippen LogP contribution < -0.4 is 0 Å². The summed E-state index contributed by atoms with van der Waals surface area (Å²) in [4.78, 5) is 16.6. The quantitative estimate of drug-likeness (QED) is 0.795. The lowest BCUT2D eigenvalue weighted by atomic mass is 9.78. The van der Waals surface area contributed by atoms with Gasteiger partial charge in [-0.1, -0.05) is 11.6 Å². The zero-order valence-corrected chi connectivity index (χ0v) is 12.3. The molecule has 5 heteroatoms. The van der Waals surface area contributed by atoms with Crippen molar-refractivity contribution in [2.45, 2.75) is 24.8 Å². The Hall–Kier alpha value is -1.13. The van der Waals surface area contributed by atoms with Crippen LogP contribution in [-0.4, -0.2) is 47.9 Å². The fourth-order valence-corrected chi connectivity index (χ4v) is 3.46. The van der Waals surface area contributed by atoms with E-state index in [4.69, 9.17) is 11.6 Å². The van der Waals surface area contributed by atoms with E-state index < -0.39 is 5.82 Å². The van der Waals surface area contributed by atoms with Crippen molar-refractivity contribution in [3.8, 4) is 0 Å². The summed E-state index contributed by atoms with van der Waals surface area (Å²) in [5, 5.41) is 0.391. The SMILES string of the molecule is CN1CC[C@]12CCCN(C(=O)c1cc(Cl)ccc1F)C2. The topological polar surface area (TPSA) is 23.6 Å². The zero-order chi connectivity index (χ0) is 14.3. The van der Waals surface area contributed by atoms with Gasteiger partial charge in [0, 0.05) is 30.2 Å². The van der Waals surface area contributed by atoms with Crippen molar-refractivity contribution < 1.29 is 9.18 Å². The maximum atomic E-state index is 13.8. The largest absolute Gasteiger partial charge is 0.337 e. The molecule has 20 heavy (non-hydrogen) atoms. The number of carbonyl (C=O) groups excluding carboxylic acids is 1. The molecule has 1 amide bonds. The van der Waals surface area contributed by atoms with E-state index in [1.165, 1.54) is 18.2 Å². The first-order valence-electron chi connectivity index (χ1n) is 6.97. The van der Waals surface area contributed by atoms with Gasteiger partial charge in [0.1, 0.15) is 5.82 Å². The summed E-state index contributed by atoms with van der Waals surface area (Å²) in [5.74, 6) is -0.745. The highest BCUT2D eigenvalue weighted by molar-refractivity contribution is 6.31. The van der Waals surface area contributed by atoms with Gasteiger partial charge in [-0.2, -0.15) is 0 Å². The van der Waals surface area contributed by atoms with Crippen molar-refractivity contribution in [3.63, 3.8) is 0 Å². The van der Waals surface area contributed by atoms with E-state index in [0.29, 0.717) is 18.1 Å². The molecule has 3 nitrogen and oxygen atoms in total. The lowest BCUT2D eigenvalue weighted by molar-refractivity contribution is -0.0409. The summed E-state index contributed by atoms with van der Waals surface area (Å²) in [5.41, 5.74) is 0.194. The van der Waals surface area contributed by atoms with Crippen LogP contribution in [0.3, 0.4) is 0 Å². The number of likely N-dealkylation sites (N-methyl/N-ethyl adjacent to an activating group) is 1. The maximum absolute atomic E-state index is 13.8. The molecule has 2 saturated heterocycles. The molecule has 2 heterocycles. The number of amides is 1. The highest BCUT2D eigenvalue weighted by atomic mass is 35.5. The lowest BCUT2D eigenvalue weighted by Gasteiger charge is -2.55. The lowest BCUT2D eigenvalue weighted by Crippen LogP contribution is -2.66. The van der Waals surface area contributed by atoms with E-state index in [1.807, 2.05) is 0 Å². The number of hydrogen-bond donors (Lipinski definition) is 0. The van der Waals surface area contributed by atoms with Crippen molar-refractivity contribution in [2.24, 2.45) is 0 Å². The molecule has 1 aromatic carbocycles. The van der Waals surface area contributed by atoms with Crippen molar-refractivity contribution >= 4 is 17.5 Å². The predicted octanol–water partition coefficient (Wildman–Crippen LogP) is 2.79. The normalized spacial score (nSPS) is 26.6. The Labute approximate surface area is 123 Å². The summed E-state index contributed by atoms with van der Waals surface area (Å²) in [6, 6.07) is 4.14. The summed E-state index contributed by atoms with van der Waals surface area (Å²) in [6.45, 7) is 2.46. The van der Waals surface area contributed by atoms with Crippen molar-refractivity contribution in [1.29, 1.82) is 0 Å². The van der Waals surface area contributed by atoms with Gasteiger partial charge in [0.05, 0.1) is 5.56 Å². The van der Waals surface area contributed by atoms with E-state index in [9.17, 15) is 9.18 Å². The minimum absolute atomic E-state index is 0.0801.